The lowest BCUT2D eigenvalue weighted by atomic mass is 10.1. The first-order valence-electron chi connectivity index (χ1n) is 11.2. The fraction of sp³-hybridized carbons (Fsp3) is 0.375. The van der Waals surface area contributed by atoms with Gasteiger partial charge in [-0.2, -0.15) is 13.2 Å². The molecular formula is C24H25F3N6S. The molecule has 1 aromatic carbocycles. The Hall–Kier alpha value is -2.69. The van der Waals surface area contributed by atoms with Crippen molar-refractivity contribution in [3.63, 3.8) is 0 Å². The zero-order valence-corrected chi connectivity index (χ0v) is 19.6. The second kappa shape index (κ2) is 8.83. The van der Waals surface area contributed by atoms with Gasteiger partial charge in [-0.3, -0.25) is 9.30 Å². The summed E-state index contributed by atoms with van der Waals surface area (Å²) in [7, 11) is 0. The van der Waals surface area contributed by atoms with E-state index in [1.807, 2.05) is 24.3 Å². The summed E-state index contributed by atoms with van der Waals surface area (Å²) in [6.45, 7) is 4.77. The fourth-order valence-electron chi connectivity index (χ4n) is 4.47. The van der Waals surface area contributed by atoms with Crippen LogP contribution >= 0.6 is 11.8 Å². The molecule has 4 heterocycles. The van der Waals surface area contributed by atoms with E-state index >= 15 is 0 Å². The van der Waals surface area contributed by atoms with Crippen molar-refractivity contribution in [3.8, 4) is 11.5 Å². The highest BCUT2D eigenvalue weighted by atomic mass is 32.2. The van der Waals surface area contributed by atoms with Crippen molar-refractivity contribution in [2.45, 2.75) is 48.7 Å². The smallest absolute Gasteiger partial charge is 0.326 e. The van der Waals surface area contributed by atoms with E-state index in [-0.39, 0.29) is 18.2 Å². The Labute approximate surface area is 199 Å². The van der Waals surface area contributed by atoms with E-state index in [1.165, 1.54) is 17.2 Å². The van der Waals surface area contributed by atoms with E-state index in [2.05, 4.69) is 30.1 Å². The van der Waals surface area contributed by atoms with Crippen molar-refractivity contribution in [2.75, 3.05) is 13.1 Å². The number of aromatic nitrogens is 4. The third-order valence-electron chi connectivity index (χ3n) is 5.94. The maximum atomic E-state index is 14.1. The van der Waals surface area contributed by atoms with E-state index in [0.717, 1.165) is 15.8 Å². The minimum absolute atomic E-state index is 0.131. The first-order chi connectivity index (χ1) is 16.2. The maximum Gasteiger partial charge on any atom is 0.408 e. The molecule has 178 valence electrons. The lowest BCUT2D eigenvalue weighted by Gasteiger charge is -2.30. The van der Waals surface area contributed by atoms with Gasteiger partial charge < -0.3 is 5.73 Å². The molecule has 1 saturated heterocycles. The van der Waals surface area contributed by atoms with Gasteiger partial charge in [0.15, 0.2) is 11.5 Å². The Morgan fingerprint density at radius 1 is 1.09 bits per heavy atom. The molecule has 0 amide bonds. The summed E-state index contributed by atoms with van der Waals surface area (Å²) in [6, 6.07) is 10.9. The monoisotopic (exact) mass is 486 g/mol. The zero-order valence-electron chi connectivity index (χ0n) is 18.8. The molecule has 1 aliphatic rings. The van der Waals surface area contributed by atoms with Crippen molar-refractivity contribution in [1.29, 1.82) is 0 Å². The summed E-state index contributed by atoms with van der Waals surface area (Å²) in [5.74, 6) is 0.403. The number of hydrogen-bond donors (Lipinski definition) is 1. The molecule has 10 heteroatoms. The average molecular weight is 487 g/mol. The number of rotatable bonds is 5. The van der Waals surface area contributed by atoms with Gasteiger partial charge in [0.2, 0.25) is 0 Å². The molecule has 3 aromatic heterocycles. The second-order valence-electron chi connectivity index (χ2n) is 8.92. The molecule has 2 unspecified atom stereocenters. The molecule has 0 spiro atoms. The van der Waals surface area contributed by atoms with Gasteiger partial charge in [-0.25, -0.2) is 4.98 Å². The number of nitrogens with zero attached hydrogens (tertiary/aromatic N) is 5. The molecule has 0 radical (unpaired) electrons. The van der Waals surface area contributed by atoms with Crippen LogP contribution in [-0.4, -0.2) is 55.0 Å². The van der Waals surface area contributed by atoms with Crippen LogP contribution in [0.1, 0.15) is 31.9 Å². The number of thioether (sulfide) groups is 1. The molecule has 0 bridgehead atoms. The molecule has 2 atom stereocenters. The highest BCUT2D eigenvalue weighted by Gasteiger charge is 2.46. The van der Waals surface area contributed by atoms with Crippen molar-refractivity contribution >= 4 is 28.3 Å². The molecule has 2 N–H and O–H groups in total. The summed E-state index contributed by atoms with van der Waals surface area (Å²) >= 11 is 1.75. The predicted octanol–water partition coefficient (Wildman–Crippen LogP) is 5.08. The van der Waals surface area contributed by atoms with E-state index in [1.54, 1.807) is 22.2 Å². The number of likely N-dealkylation sites (tertiary alicyclic amines) is 1. The van der Waals surface area contributed by atoms with Crippen molar-refractivity contribution < 1.29 is 13.2 Å². The van der Waals surface area contributed by atoms with Crippen LogP contribution in [0.25, 0.3) is 28.1 Å². The number of nitrogens with two attached hydrogens (primary N) is 1. The summed E-state index contributed by atoms with van der Waals surface area (Å²) in [6.07, 6.45) is -2.41. The molecule has 34 heavy (non-hydrogen) atoms. The number of hydrogen-bond acceptors (Lipinski definition) is 6. The van der Waals surface area contributed by atoms with E-state index in [0.29, 0.717) is 35.4 Å². The van der Waals surface area contributed by atoms with Crippen LogP contribution in [0.3, 0.4) is 0 Å². The maximum absolute atomic E-state index is 14.1. The quantitative estimate of drug-likeness (QED) is 0.397. The molecule has 4 aromatic rings. The van der Waals surface area contributed by atoms with Gasteiger partial charge in [0.25, 0.3) is 0 Å². The van der Waals surface area contributed by atoms with Gasteiger partial charge in [0.05, 0.1) is 5.52 Å². The highest BCUT2D eigenvalue weighted by Crippen LogP contribution is 2.39. The van der Waals surface area contributed by atoms with Crippen LogP contribution in [0.5, 0.6) is 0 Å². The van der Waals surface area contributed by atoms with Crippen molar-refractivity contribution in [1.82, 2.24) is 24.5 Å². The van der Waals surface area contributed by atoms with Crippen LogP contribution < -0.4 is 5.73 Å². The van der Waals surface area contributed by atoms with Crippen LogP contribution in [0.15, 0.2) is 53.6 Å². The number of benzene rings is 1. The SMILES string of the molecule is CC(C)Sc1ccc2ccc(-c3nnc4ccc(C(N5CCC(N)C5)C(F)(F)F)cn34)nc2c1. The Bertz CT molecular complexity index is 1340. The molecule has 5 rings (SSSR count). The molecule has 0 saturated carbocycles. The first kappa shape index (κ1) is 23.1. The van der Waals surface area contributed by atoms with Crippen LogP contribution in [-0.2, 0) is 0 Å². The first-order valence-corrected chi connectivity index (χ1v) is 12.1. The van der Waals surface area contributed by atoms with Crippen LogP contribution in [0.4, 0.5) is 13.2 Å². The van der Waals surface area contributed by atoms with E-state index < -0.39 is 12.2 Å². The van der Waals surface area contributed by atoms with Crippen LogP contribution in [0, 0.1) is 0 Å². The minimum atomic E-state index is -4.43. The zero-order chi connectivity index (χ0) is 24.0. The van der Waals surface area contributed by atoms with Gasteiger partial charge in [-0.15, -0.1) is 22.0 Å². The minimum Gasteiger partial charge on any atom is -0.326 e. The average Bonchev–Trinajstić information content (AvgIpc) is 3.38. The molecule has 1 fully saturated rings. The lowest BCUT2D eigenvalue weighted by Crippen LogP contribution is -2.38. The van der Waals surface area contributed by atoms with Gasteiger partial charge in [0, 0.05) is 40.9 Å². The molecule has 0 aliphatic carbocycles. The number of pyridine rings is 2. The van der Waals surface area contributed by atoms with Gasteiger partial charge in [0.1, 0.15) is 11.7 Å². The topological polar surface area (TPSA) is 72.3 Å². The summed E-state index contributed by atoms with van der Waals surface area (Å²) in [4.78, 5) is 7.27. The van der Waals surface area contributed by atoms with Crippen molar-refractivity contribution in [2.24, 2.45) is 5.73 Å². The van der Waals surface area contributed by atoms with Crippen molar-refractivity contribution in [3.05, 3.63) is 54.2 Å². The predicted molar refractivity (Wildman–Crippen MR) is 128 cm³/mol. The summed E-state index contributed by atoms with van der Waals surface area (Å²) in [5.41, 5.74) is 7.84. The Morgan fingerprint density at radius 2 is 1.88 bits per heavy atom. The third kappa shape index (κ3) is 4.49. The number of alkyl halides is 3. The number of halogens is 3. The Balaban J connectivity index is 1.57. The normalized spacial score (nSPS) is 18.4. The molecule has 6 nitrogen and oxygen atoms in total. The Morgan fingerprint density at radius 3 is 2.59 bits per heavy atom. The standard InChI is InChI=1S/C24H25F3N6S/c1-14(2)34-18-6-3-15-4-7-19(29-20(15)11-18)23-31-30-21-8-5-16(12-33(21)23)22(24(25,26)27)32-10-9-17(28)13-32/h3-8,11-12,14,17,22H,9-10,13,28H2,1-2H3. The lowest BCUT2D eigenvalue weighted by molar-refractivity contribution is -0.183. The molecular weight excluding hydrogens is 461 g/mol. The second-order valence-corrected chi connectivity index (χ2v) is 10.6. The summed E-state index contributed by atoms with van der Waals surface area (Å²) in [5, 5.41) is 9.82. The van der Waals surface area contributed by atoms with E-state index in [9.17, 15) is 13.2 Å². The highest BCUT2D eigenvalue weighted by molar-refractivity contribution is 7.99. The fourth-order valence-corrected chi connectivity index (χ4v) is 5.34. The molecule has 1 aliphatic heterocycles. The third-order valence-corrected chi connectivity index (χ3v) is 6.93. The van der Waals surface area contributed by atoms with Gasteiger partial charge in [-0.1, -0.05) is 32.0 Å². The van der Waals surface area contributed by atoms with E-state index in [4.69, 9.17) is 10.7 Å². The Kier molecular flexibility index (Phi) is 5.99. The largest absolute Gasteiger partial charge is 0.408 e. The van der Waals surface area contributed by atoms with Gasteiger partial charge >= 0.3 is 6.18 Å². The van der Waals surface area contributed by atoms with Gasteiger partial charge in [-0.05, 0) is 36.2 Å². The number of fused-ring (bicyclic) bond motifs is 2. The van der Waals surface area contributed by atoms with Crippen LogP contribution in [0.2, 0.25) is 0 Å². The summed E-state index contributed by atoms with van der Waals surface area (Å²) < 4.78 is 43.9.